The van der Waals surface area contributed by atoms with Crippen LogP contribution < -0.4 is 21.3 Å². The van der Waals surface area contributed by atoms with E-state index in [1.807, 2.05) is 29.2 Å². The predicted molar refractivity (Wildman–Crippen MR) is 130 cm³/mol. The molecule has 0 unspecified atom stereocenters. The molecule has 35 heavy (non-hydrogen) atoms. The minimum Gasteiger partial charge on any atom is -0.391 e. The zero-order chi connectivity index (χ0) is 24.5. The number of hydrogen-bond donors (Lipinski definition) is 4. The average molecular weight is 477 g/mol. The van der Waals surface area contributed by atoms with Crippen molar-refractivity contribution in [3.05, 3.63) is 59.7 Å². The van der Waals surface area contributed by atoms with Crippen LogP contribution in [0.1, 0.15) is 51.6 Å². The third-order valence-corrected chi connectivity index (χ3v) is 6.40. The molecular weight excluding hydrogens is 448 g/mol. The second-order valence-corrected chi connectivity index (χ2v) is 9.10. The van der Waals surface area contributed by atoms with E-state index in [1.165, 1.54) is 24.6 Å². The van der Waals surface area contributed by atoms with Crippen LogP contribution in [-0.2, 0) is 7.05 Å². The Kier molecular flexibility index (Phi) is 6.08. The first kappa shape index (κ1) is 22.8. The van der Waals surface area contributed by atoms with E-state index in [-0.39, 0.29) is 17.4 Å². The highest BCUT2D eigenvalue weighted by atomic mass is 16.3. The van der Waals surface area contributed by atoms with Crippen LogP contribution >= 0.6 is 0 Å². The molecule has 2 aromatic heterocycles. The minimum atomic E-state index is -0.706. The molecule has 0 spiro atoms. The summed E-state index contributed by atoms with van der Waals surface area (Å²) in [5, 5.41) is 20.7. The smallest absolute Gasteiger partial charge is 0.271 e. The fourth-order valence-corrected chi connectivity index (χ4v) is 4.29. The summed E-state index contributed by atoms with van der Waals surface area (Å²) in [6.07, 6.45) is 6.97. The molecule has 3 aromatic rings. The van der Waals surface area contributed by atoms with Gasteiger partial charge in [0.15, 0.2) is 11.5 Å². The Morgan fingerprint density at radius 2 is 1.91 bits per heavy atom. The molecule has 1 aliphatic heterocycles. The molecule has 11 heteroatoms. The summed E-state index contributed by atoms with van der Waals surface area (Å²) in [7, 11) is 1.78. The number of aromatic nitrogens is 4. The van der Waals surface area contributed by atoms with E-state index in [4.69, 9.17) is 5.73 Å². The van der Waals surface area contributed by atoms with Gasteiger partial charge in [-0.25, -0.2) is 9.97 Å². The summed E-state index contributed by atoms with van der Waals surface area (Å²) in [4.78, 5) is 35.4. The van der Waals surface area contributed by atoms with Gasteiger partial charge in [-0.1, -0.05) is 12.1 Å². The number of primary amides is 1. The number of rotatable bonds is 7. The summed E-state index contributed by atoms with van der Waals surface area (Å²) in [5.74, 6) is 0.405. The summed E-state index contributed by atoms with van der Waals surface area (Å²) >= 11 is 0. The van der Waals surface area contributed by atoms with Crippen LogP contribution in [0, 0.1) is 0 Å². The second kappa shape index (κ2) is 9.34. The summed E-state index contributed by atoms with van der Waals surface area (Å²) in [5.41, 5.74) is 7.95. The molecule has 2 fully saturated rings. The normalized spacial score (nSPS) is 19.9. The van der Waals surface area contributed by atoms with Gasteiger partial charge in [-0.3, -0.25) is 14.3 Å². The van der Waals surface area contributed by atoms with Crippen LogP contribution in [0.3, 0.4) is 0 Å². The Bertz CT molecular complexity index is 1240. The maximum atomic E-state index is 12.8. The van der Waals surface area contributed by atoms with Crippen LogP contribution in [0.2, 0.25) is 0 Å². The number of nitrogens with zero attached hydrogens (tertiary/aromatic N) is 5. The summed E-state index contributed by atoms with van der Waals surface area (Å²) < 4.78 is 1.61. The quantitative estimate of drug-likeness (QED) is 0.398. The number of benzene rings is 1. The number of carbonyl (C=O) groups is 2. The molecule has 1 aromatic carbocycles. The van der Waals surface area contributed by atoms with Crippen molar-refractivity contribution in [2.24, 2.45) is 12.8 Å². The molecule has 5 N–H and O–H groups in total. The van der Waals surface area contributed by atoms with E-state index in [2.05, 4.69) is 25.7 Å². The maximum Gasteiger partial charge on any atom is 0.271 e. The van der Waals surface area contributed by atoms with Gasteiger partial charge in [-0.05, 0) is 42.9 Å². The molecule has 1 aliphatic carbocycles. The first-order chi connectivity index (χ1) is 16.9. The van der Waals surface area contributed by atoms with E-state index in [0.717, 1.165) is 0 Å². The van der Waals surface area contributed by atoms with Gasteiger partial charge >= 0.3 is 0 Å². The molecule has 2 atom stereocenters. The van der Waals surface area contributed by atoms with Gasteiger partial charge in [0.1, 0.15) is 5.82 Å². The van der Waals surface area contributed by atoms with Crippen molar-refractivity contribution in [2.45, 2.75) is 37.3 Å². The molecule has 2 amide bonds. The summed E-state index contributed by atoms with van der Waals surface area (Å²) in [6, 6.07) is 7.18. The van der Waals surface area contributed by atoms with E-state index in [1.54, 1.807) is 24.1 Å². The highest BCUT2D eigenvalue weighted by Gasteiger charge is 2.31. The van der Waals surface area contributed by atoms with Crippen molar-refractivity contribution >= 4 is 29.1 Å². The third-order valence-electron chi connectivity index (χ3n) is 6.40. The molecule has 2 aliphatic rings. The molecule has 0 radical (unpaired) electrons. The van der Waals surface area contributed by atoms with Gasteiger partial charge in [-0.15, -0.1) is 0 Å². The maximum absolute atomic E-state index is 12.8. The van der Waals surface area contributed by atoms with Gasteiger partial charge in [-0.2, -0.15) is 5.10 Å². The number of nitrogens with two attached hydrogens (primary N) is 1. The van der Waals surface area contributed by atoms with Crippen molar-refractivity contribution in [1.82, 2.24) is 25.1 Å². The topological polar surface area (TPSA) is 151 Å². The average Bonchev–Trinajstić information content (AvgIpc) is 3.62. The lowest BCUT2D eigenvalue weighted by molar-refractivity contribution is 0.0785. The zero-order valence-electron chi connectivity index (χ0n) is 19.4. The van der Waals surface area contributed by atoms with Crippen LogP contribution in [-0.4, -0.2) is 61.9 Å². The highest BCUT2D eigenvalue weighted by Crippen LogP contribution is 2.39. The van der Waals surface area contributed by atoms with Crippen molar-refractivity contribution in [3.8, 4) is 0 Å². The van der Waals surface area contributed by atoms with Gasteiger partial charge in [0.2, 0.25) is 0 Å². The first-order valence-corrected chi connectivity index (χ1v) is 11.6. The van der Waals surface area contributed by atoms with E-state index in [9.17, 15) is 14.7 Å². The van der Waals surface area contributed by atoms with Crippen LogP contribution in [0.25, 0.3) is 0 Å². The van der Waals surface area contributed by atoms with E-state index >= 15 is 0 Å². The Morgan fingerprint density at radius 1 is 1.14 bits per heavy atom. The molecule has 1 saturated heterocycles. The van der Waals surface area contributed by atoms with Gasteiger partial charge in [0, 0.05) is 31.9 Å². The SMILES string of the molecule is Cn1cc(Nc2nc(N3CC[C@@H](O)[C@H](NC(=O)c4ccc(C5CC5)cc4)C3)cnc2C(N)=O)cn1. The lowest BCUT2D eigenvalue weighted by Gasteiger charge is -2.37. The van der Waals surface area contributed by atoms with Gasteiger partial charge < -0.3 is 26.4 Å². The number of aryl methyl sites for hydroxylation is 1. The van der Waals surface area contributed by atoms with Crippen molar-refractivity contribution in [1.29, 1.82) is 0 Å². The number of hydrogen-bond acceptors (Lipinski definition) is 8. The minimum absolute atomic E-state index is 0.00847. The van der Waals surface area contributed by atoms with Crippen LogP contribution in [0.5, 0.6) is 0 Å². The number of aliphatic hydroxyl groups is 1. The standard InChI is InChI=1S/C24H28N8O3/c1-31-12-17(10-27-31)28-23-21(22(25)34)26-11-20(30-23)32-9-8-19(33)18(13-32)29-24(35)16-6-4-15(5-7-16)14-2-3-14/h4-7,10-12,14,18-19,33H,2-3,8-9,13H2,1H3,(H2,25,34)(H,28,30)(H,29,35)/t18-,19-/m1/s1. The van der Waals surface area contributed by atoms with Crippen molar-refractivity contribution in [3.63, 3.8) is 0 Å². The number of anilines is 3. The molecule has 0 bridgehead atoms. The Hall–Kier alpha value is -3.99. The molecule has 182 valence electrons. The van der Waals surface area contributed by atoms with Crippen molar-refractivity contribution < 1.29 is 14.7 Å². The van der Waals surface area contributed by atoms with Gasteiger partial charge in [0.25, 0.3) is 11.8 Å². The lowest BCUT2D eigenvalue weighted by Crippen LogP contribution is -2.55. The zero-order valence-corrected chi connectivity index (χ0v) is 19.4. The number of nitrogens with one attached hydrogen (secondary N) is 2. The fourth-order valence-electron chi connectivity index (χ4n) is 4.29. The van der Waals surface area contributed by atoms with Crippen molar-refractivity contribution in [2.75, 3.05) is 23.3 Å². The molecular formula is C24H28N8O3. The van der Waals surface area contributed by atoms with E-state index < -0.39 is 18.1 Å². The van der Waals surface area contributed by atoms with Gasteiger partial charge in [0.05, 0.1) is 30.2 Å². The molecule has 1 saturated carbocycles. The van der Waals surface area contributed by atoms with E-state index in [0.29, 0.717) is 42.5 Å². The molecule has 5 rings (SSSR count). The highest BCUT2D eigenvalue weighted by molar-refractivity contribution is 5.96. The predicted octanol–water partition coefficient (Wildman–Crippen LogP) is 1.30. The third kappa shape index (κ3) is 5.09. The fraction of sp³-hybridized carbons (Fsp3) is 0.375. The number of aliphatic hydroxyl groups excluding tert-OH is 1. The Balaban J connectivity index is 1.31. The second-order valence-electron chi connectivity index (χ2n) is 9.10. The van der Waals surface area contributed by atoms with Crippen LogP contribution in [0.15, 0.2) is 42.9 Å². The molecule has 3 heterocycles. The Labute approximate surface area is 202 Å². The summed E-state index contributed by atoms with van der Waals surface area (Å²) in [6.45, 7) is 0.852. The number of piperidine rings is 1. The first-order valence-electron chi connectivity index (χ1n) is 11.6. The lowest BCUT2D eigenvalue weighted by atomic mass is 10.0. The molecule has 11 nitrogen and oxygen atoms in total. The van der Waals surface area contributed by atoms with Crippen LogP contribution in [0.4, 0.5) is 17.3 Å². The number of amides is 2. The Morgan fingerprint density at radius 3 is 2.57 bits per heavy atom. The monoisotopic (exact) mass is 476 g/mol. The number of carbonyl (C=O) groups excluding carboxylic acids is 2. The largest absolute Gasteiger partial charge is 0.391 e.